The van der Waals surface area contributed by atoms with Gasteiger partial charge in [0.2, 0.25) is 0 Å². The van der Waals surface area contributed by atoms with E-state index in [1.165, 1.54) is 0 Å². The van der Waals surface area contributed by atoms with Gasteiger partial charge in [0.1, 0.15) is 16.5 Å². The zero-order chi connectivity index (χ0) is 10.7. The summed E-state index contributed by atoms with van der Waals surface area (Å²) in [6, 6.07) is 0. The van der Waals surface area contributed by atoms with Crippen LogP contribution in [0.4, 0.5) is 0 Å². The van der Waals surface area contributed by atoms with Crippen LogP contribution in [-0.4, -0.2) is 34.0 Å². The highest BCUT2D eigenvalue weighted by molar-refractivity contribution is 6.89. The molecule has 0 unspecified atom stereocenters. The molecule has 0 aliphatic heterocycles. The van der Waals surface area contributed by atoms with E-state index in [-0.39, 0.29) is 0 Å². The molecule has 4 heteroatoms. The fourth-order valence-corrected chi connectivity index (χ4v) is 10.6. The first-order valence-corrected chi connectivity index (χ1v) is 11.9. The Balaban J connectivity index is 4.39. The van der Waals surface area contributed by atoms with Crippen LogP contribution in [0.25, 0.3) is 0 Å². The van der Waals surface area contributed by atoms with E-state index >= 15 is 0 Å². The molecule has 0 amide bonds. The summed E-state index contributed by atoms with van der Waals surface area (Å²) in [5.41, 5.74) is 0. The first-order chi connectivity index (χ1) is 5.69. The summed E-state index contributed by atoms with van der Waals surface area (Å²) in [7, 11) is -2.38. The molecule has 0 N–H and O–H groups in total. The summed E-state index contributed by atoms with van der Waals surface area (Å²) in [4.78, 5) is 0. The fourth-order valence-electron chi connectivity index (χ4n) is 1.58. The molecule has 13 heavy (non-hydrogen) atoms. The normalized spacial score (nSPS) is 13.8. The van der Waals surface area contributed by atoms with Gasteiger partial charge in [-0.3, -0.25) is 0 Å². The van der Waals surface area contributed by atoms with Crippen LogP contribution in [-0.2, 0) is 4.74 Å². The summed E-state index contributed by atoms with van der Waals surface area (Å²) in [5.74, 6) is 0. The summed E-state index contributed by atoms with van der Waals surface area (Å²) in [6.45, 7) is 18.1. The number of hydrogen-bond acceptors (Lipinski definition) is 2. The molecular formula is C9H25NOSi2. The van der Waals surface area contributed by atoms with E-state index in [9.17, 15) is 0 Å². The van der Waals surface area contributed by atoms with E-state index in [2.05, 4.69) is 50.4 Å². The van der Waals surface area contributed by atoms with E-state index < -0.39 is 16.5 Å². The molecule has 0 bridgehead atoms. The Kier molecular flexibility index (Phi) is 4.86. The SMILES string of the molecule is CCOCN([Si](C)(C)C)[Si](C)(C)C. The Hall–Kier alpha value is 0.354. The summed E-state index contributed by atoms with van der Waals surface area (Å²) in [5, 5.41) is 0. The largest absolute Gasteiger partial charge is 0.368 e. The monoisotopic (exact) mass is 219 g/mol. The molecule has 0 saturated heterocycles. The Morgan fingerprint density at radius 2 is 1.31 bits per heavy atom. The van der Waals surface area contributed by atoms with Crippen molar-refractivity contribution in [1.29, 1.82) is 0 Å². The van der Waals surface area contributed by atoms with Crippen LogP contribution in [0.3, 0.4) is 0 Å². The maximum Gasteiger partial charge on any atom is 0.114 e. The van der Waals surface area contributed by atoms with E-state index in [0.29, 0.717) is 0 Å². The average molecular weight is 219 g/mol. The van der Waals surface area contributed by atoms with Gasteiger partial charge < -0.3 is 8.97 Å². The predicted molar refractivity (Wildman–Crippen MR) is 65.0 cm³/mol. The van der Waals surface area contributed by atoms with Crippen molar-refractivity contribution in [2.24, 2.45) is 0 Å². The van der Waals surface area contributed by atoms with Crippen LogP contribution in [0, 0.1) is 0 Å². The second kappa shape index (κ2) is 4.73. The third-order valence-corrected chi connectivity index (χ3v) is 9.57. The van der Waals surface area contributed by atoms with E-state index in [1.807, 2.05) is 0 Å². The second-order valence-electron chi connectivity index (χ2n) is 5.39. The molecule has 0 rings (SSSR count). The second-order valence-corrected chi connectivity index (χ2v) is 15.6. The summed E-state index contributed by atoms with van der Waals surface area (Å²) >= 11 is 0. The van der Waals surface area contributed by atoms with Crippen LogP contribution in [0.2, 0.25) is 39.3 Å². The number of ether oxygens (including phenoxy) is 1. The van der Waals surface area contributed by atoms with Crippen LogP contribution >= 0.6 is 0 Å². The van der Waals surface area contributed by atoms with Gasteiger partial charge in [0.05, 0.1) is 6.73 Å². The first kappa shape index (κ1) is 13.4. The lowest BCUT2D eigenvalue weighted by Gasteiger charge is -2.42. The van der Waals surface area contributed by atoms with Crippen molar-refractivity contribution >= 4 is 16.5 Å². The van der Waals surface area contributed by atoms with Crippen molar-refractivity contribution in [3.05, 3.63) is 0 Å². The quantitative estimate of drug-likeness (QED) is 0.521. The highest BCUT2D eigenvalue weighted by Crippen LogP contribution is 2.18. The van der Waals surface area contributed by atoms with Gasteiger partial charge in [0, 0.05) is 6.61 Å². The van der Waals surface area contributed by atoms with Gasteiger partial charge in [-0.1, -0.05) is 39.3 Å². The van der Waals surface area contributed by atoms with Gasteiger partial charge in [-0.2, -0.15) is 0 Å². The smallest absolute Gasteiger partial charge is 0.114 e. The minimum absolute atomic E-state index is 0.825. The Bertz CT molecular complexity index is 135. The number of hydrogen-bond donors (Lipinski definition) is 0. The topological polar surface area (TPSA) is 12.5 Å². The Morgan fingerprint density at radius 3 is 1.54 bits per heavy atom. The van der Waals surface area contributed by atoms with Gasteiger partial charge in [-0.15, -0.1) is 0 Å². The van der Waals surface area contributed by atoms with Crippen LogP contribution in [0.5, 0.6) is 0 Å². The highest BCUT2D eigenvalue weighted by Gasteiger charge is 2.33. The molecule has 80 valence electrons. The summed E-state index contributed by atoms with van der Waals surface area (Å²) in [6.07, 6.45) is 0. The third-order valence-electron chi connectivity index (χ3n) is 2.04. The molecular weight excluding hydrogens is 194 g/mol. The predicted octanol–water partition coefficient (Wildman–Crippen LogP) is 2.95. The molecule has 0 spiro atoms. The minimum atomic E-state index is -1.19. The van der Waals surface area contributed by atoms with Gasteiger partial charge in [-0.25, -0.2) is 0 Å². The zero-order valence-electron chi connectivity index (χ0n) is 10.3. The first-order valence-electron chi connectivity index (χ1n) is 5.05. The van der Waals surface area contributed by atoms with Crippen molar-refractivity contribution < 1.29 is 4.74 Å². The molecule has 0 aliphatic carbocycles. The van der Waals surface area contributed by atoms with Crippen molar-refractivity contribution in [3.8, 4) is 0 Å². The zero-order valence-corrected chi connectivity index (χ0v) is 12.3. The van der Waals surface area contributed by atoms with Gasteiger partial charge in [0.25, 0.3) is 0 Å². The van der Waals surface area contributed by atoms with Crippen molar-refractivity contribution in [2.45, 2.75) is 46.2 Å². The van der Waals surface area contributed by atoms with Crippen LogP contribution < -0.4 is 0 Å². The molecule has 0 saturated carbocycles. The molecule has 0 fully saturated rings. The molecule has 0 radical (unpaired) electrons. The highest BCUT2D eigenvalue weighted by atomic mass is 28.4. The average Bonchev–Trinajstić information content (AvgIpc) is 1.81. The van der Waals surface area contributed by atoms with Crippen molar-refractivity contribution in [3.63, 3.8) is 0 Å². The molecule has 0 aliphatic rings. The maximum absolute atomic E-state index is 5.54. The third kappa shape index (κ3) is 4.95. The van der Waals surface area contributed by atoms with E-state index in [4.69, 9.17) is 4.74 Å². The molecule has 0 atom stereocenters. The van der Waals surface area contributed by atoms with Crippen LogP contribution in [0.1, 0.15) is 6.92 Å². The van der Waals surface area contributed by atoms with Crippen LogP contribution in [0.15, 0.2) is 0 Å². The Labute approximate surface area is 85.5 Å². The molecule has 0 aromatic rings. The molecule has 0 aromatic heterocycles. The molecule has 2 nitrogen and oxygen atoms in total. The van der Waals surface area contributed by atoms with E-state index in [0.717, 1.165) is 13.3 Å². The van der Waals surface area contributed by atoms with Crippen molar-refractivity contribution in [2.75, 3.05) is 13.3 Å². The lowest BCUT2D eigenvalue weighted by Crippen LogP contribution is -2.59. The summed E-state index contributed by atoms with van der Waals surface area (Å²) < 4.78 is 8.19. The van der Waals surface area contributed by atoms with Gasteiger partial charge in [-0.05, 0) is 6.92 Å². The fraction of sp³-hybridized carbons (Fsp3) is 1.00. The molecule has 0 heterocycles. The number of nitrogens with zero attached hydrogens (tertiary/aromatic N) is 1. The lowest BCUT2D eigenvalue weighted by atomic mass is 10.9. The van der Waals surface area contributed by atoms with E-state index in [1.54, 1.807) is 0 Å². The maximum atomic E-state index is 5.54. The molecule has 0 aromatic carbocycles. The minimum Gasteiger partial charge on any atom is -0.368 e. The Morgan fingerprint density at radius 1 is 0.923 bits per heavy atom. The van der Waals surface area contributed by atoms with Gasteiger partial charge >= 0.3 is 0 Å². The lowest BCUT2D eigenvalue weighted by molar-refractivity contribution is 0.104. The van der Waals surface area contributed by atoms with Crippen molar-refractivity contribution in [1.82, 2.24) is 4.23 Å². The standard InChI is InChI=1S/C9H25NOSi2/c1-8-11-9-10(12(2,3)4)13(5,6)7/h8-9H2,1-7H3. The number of rotatable bonds is 5. The van der Waals surface area contributed by atoms with Gasteiger partial charge in [0.15, 0.2) is 0 Å².